The van der Waals surface area contributed by atoms with Crippen LogP contribution < -0.4 is 5.32 Å². The Hall–Kier alpha value is -0.890. The Balaban J connectivity index is 0.00000220. The lowest BCUT2D eigenvalue weighted by Gasteiger charge is -2.21. The van der Waals surface area contributed by atoms with Crippen LogP contribution in [0.3, 0.4) is 0 Å². The minimum Gasteiger partial charge on any atom is -0.384 e. The molecule has 2 heterocycles. The van der Waals surface area contributed by atoms with Crippen LogP contribution in [0.1, 0.15) is 12.0 Å². The quantitative estimate of drug-likeness (QED) is 0.462. The average molecular weight is 404 g/mol. The molecule has 1 N–H and O–H groups in total. The van der Waals surface area contributed by atoms with Crippen LogP contribution in [0.4, 0.5) is 0 Å². The normalized spacial score (nSPS) is 18.5. The molecule has 0 bridgehead atoms. The Bertz CT molecular complexity index is 427. The zero-order chi connectivity index (χ0) is 14.2. The Kier molecular flexibility index (Phi) is 8.60. The van der Waals surface area contributed by atoms with E-state index in [-0.39, 0.29) is 24.0 Å². The third-order valence-electron chi connectivity index (χ3n) is 3.62. The van der Waals surface area contributed by atoms with Crippen molar-refractivity contribution in [3.63, 3.8) is 0 Å². The van der Waals surface area contributed by atoms with Gasteiger partial charge < -0.3 is 15.0 Å². The maximum atomic E-state index is 5.23. The predicted octanol–water partition coefficient (Wildman–Crippen LogP) is 1.79. The molecule has 1 aromatic rings. The van der Waals surface area contributed by atoms with Gasteiger partial charge in [-0.1, -0.05) is 6.07 Å². The highest BCUT2D eigenvalue weighted by molar-refractivity contribution is 14.0. The first-order chi connectivity index (χ1) is 9.83. The summed E-state index contributed by atoms with van der Waals surface area (Å²) >= 11 is 0. The smallest absolute Gasteiger partial charge is 0.193 e. The first-order valence-electron chi connectivity index (χ1n) is 7.17. The van der Waals surface area contributed by atoms with E-state index in [2.05, 4.69) is 26.3 Å². The lowest BCUT2D eigenvalue weighted by molar-refractivity contribution is 0.157. The van der Waals surface area contributed by atoms with Crippen molar-refractivity contribution in [2.75, 3.05) is 40.4 Å². The van der Waals surface area contributed by atoms with E-state index in [9.17, 15) is 0 Å². The average Bonchev–Trinajstić information content (AvgIpc) is 2.94. The number of aromatic nitrogens is 1. The van der Waals surface area contributed by atoms with Gasteiger partial charge in [0.05, 0.1) is 6.61 Å². The van der Waals surface area contributed by atoms with Gasteiger partial charge in [0.2, 0.25) is 0 Å². The molecule has 2 rings (SSSR count). The summed E-state index contributed by atoms with van der Waals surface area (Å²) in [5.74, 6) is 1.62. The Morgan fingerprint density at radius 3 is 3.10 bits per heavy atom. The largest absolute Gasteiger partial charge is 0.384 e. The van der Waals surface area contributed by atoms with E-state index in [1.54, 1.807) is 13.3 Å². The van der Waals surface area contributed by atoms with Gasteiger partial charge in [-0.15, -0.1) is 24.0 Å². The molecule has 0 amide bonds. The van der Waals surface area contributed by atoms with Gasteiger partial charge in [-0.05, 0) is 24.5 Å². The second-order valence-corrected chi connectivity index (χ2v) is 5.14. The van der Waals surface area contributed by atoms with Crippen molar-refractivity contribution in [3.05, 3.63) is 30.1 Å². The van der Waals surface area contributed by atoms with Crippen LogP contribution in [0.25, 0.3) is 0 Å². The van der Waals surface area contributed by atoms with Gasteiger partial charge in [-0.25, -0.2) is 0 Å². The molecule has 1 aliphatic heterocycles. The third kappa shape index (κ3) is 5.78. The van der Waals surface area contributed by atoms with E-state index in [1.807, 2.05) is 19.3 Å². The van der Waals surface area contributed by atoms with E-state index in [0.29, 0.717) is 5.92 Å². The second kappa shape index (κ2) is 9.94. The lowest BCUT2D eigenvalue weighted by atomic mass is 10.1. The van der Waals surface area contributed by atoms with Crippen molar-refractivity contribution in [2.45, 2.75) is 12.8 Å². The fourth-order valence-electron chi connectivity index (χ4n) is 2.59. The standard InChI is InChI=1S/C15H24N4O.HI/c1-16-15(19-9-6-14(11-19)12-20-2)18-8-5-13-4-3-7-17-10-13;/h3-4,7,10,14H,5-6,8-9,11-12H2,1-2H3,(H,16,18);1H. The first kappa shape index (κ1) is 18.2. The zero-order valence-corrected chi connectivity index (χ0v) is 15.1. The zero-order valence-electron chi connectivity index (χ0n) is 12.8. The number of halogens is 1. The van der Waals surface area contributed by atoms with E-state index in [0.717, 1.165) is 38.6 Å². The summed E-state index contributed by atoms with van der Waals surface area (Å²) in [5.41, 5.74) is 1.24. The molecule has 21 heavy (non-hydrogen) atoms. The van der Waals surface area contributed by atoms with Crippen molar-refractivity contribution in [1.82, 2.24) is 15.2 Å². The van der Waals surface area contributed by atoms with Gasteiger partial charge in [-0.2, -0.15) is 0 Å². The molecule has 0 saturated carbocycles. The molecule has 0 aromatic carbocycles. The number of hydrogen-bond acceptors (Lipinski definition) is 3. The van der Waals surface area contributed by atoms with Crippen molar-refractivity contribution < 1.29 is 4.74 Å². The minimum atomic E-state index is 0. The summed E-state index contributed by atoms with van der Waals surface area (Å²) in [6, 6.07) is 4.07. The van der Waals surface area contributed by atoms with Crippen LogP contribution in [0.15, 0.2) is 29.5 Å². The number of nitrogens with one attached hydrogen (secondary N) is 1. The number of likely N-dealkylation sites (tertiary alicyclic amines) is 1. The van der Waals surface area contributed by atoms with Crippen LogP contribution in [0.2, 0.25) is 0 Å². The summed E-state index contributed by atoms with van der Waals surface area (Å²) in [4.78, 5) is 10.8. The molecule has 118 valence electrons. The van der Waals surface area contributed by atoms with Gasteiger partial charge in [0.25, 0.3) is 0 Å². The molecule has 1 aromatic heterocycles. The fourth-order valence-corrected chi connectivity index (χ4v) is 2.59. The van der Waals surface area contributed by atoms with Gasteiger partial charge in [0.1, 0.15) is 0 Å². The van der Waals surface area contributed by atoms with Crippen molar-refractivity contribution >= 4 is 29.9 Å². The van der Waals surface area contributed by atoms with E-state index >= 15 is 0 Å². The Labute approximate surface area is 144 Å². The predicted molar refractivity (Wildman–Crippen MR) is 96.3 cm³/mol. The summed E-state index contributed by atoms with van der Waals surface area (Å²) in [5, 5.41) is 3.43. The molecule has 6 heteroatoms. The van der Waals surface area contributed by atoms with E-state index in [4.69, 9.17) is 4.74 Å². The van der Waals surface area contributed by atoms with Crippen molar-refractivity contribution in [3.8, 4) is 0 Å². The first-order valence-corrected chi connectivity index (χ1v) is 7.17. The van der Waals surface area contributed by atoms with E-state index < -0.39 is 0 Å². The van der Waals surface area contributed by atoms with Gasteiger partial charge >= 0.3 is 0 Å². The van der Waals surface area contributed by atoms with Crippen molar-refractivity contribution in [1.29, 1.82) is 0 Å². The van der Waals surface area contributed by atoms with Crippen LogP contribution in [0, 0.1) is 5.92 Å². The molecule has 1 atom stereocenters. The number of methoxy groups -OCH3 is 1. The van der Waals surface area contributed by atoms with Gasteiger partial charge in [-0.3, -0.25) is 9.98 Å². The number of pyridine rings is 1. The molecule has 5 nitrogen and oxygen atoms in total. The van der Waals surface area contributed by atoms with Crippen LogP contribution in [0.5, 0.6) is 0 Å². The molecule has 0 radical (unpaired) electrons. The number of hydrogen-bond donors (Lipinski definition) is 1. The number of nitrogens with zero attached hydrogens (tertiary/aromatic N) is 3. The second-order valence-electron chi connectivity index (χ2n) is 5.14. The molecule has 1 unspecified atom stereocenters. The minimum absolute atomic E-state index is 0. The monoisotopic (exact) mass is 404 g/mol. The number of ether oxygens (including phenoxy) is 1. The Morgan fingerprint density at radius 1 is 1.57 bits per heavy atom. The molecule has 1 fully saturated rings. The summed E-state index contributed by atoms with van der Waals surface area (Å²) in [6.45, 7) is 3.80. The maximum absolute atomic E-state index is 5.23. The van der Waals surface area contributed by atoms with Crippen LogP contribution in [-0.2, 0) is 11.2 Å². The number of rotatable bonds is 5. The molecular formula is C15H25IN4O. The topological polar surface area (TPSA) is 49.8 Å². The lowest BCUT2D eigenvalue weighted by Crippen LogP contribution is -2.41. The van der Waals surface area contributed by atoms with Gasteiger partial charge in [0.15, 0.2) is 5.96 Å². The van der Waals surface area contributed by atoms with Crippen LogP contribution in [-0.4, -0.2) is 56.2 Å². The fraction of sp³-hybridized carbons (Fsp3) is 0.600. The molecular weight excluding hydrogens is 379 g/mol. The van der Waals surface area contributed by atoms with Gasteiger partial charge in [0, 0.05) is 52.1 Å². The van der Waals surface area contributed by atoms with Crippen molar-refractivity contribution in [2.24, 2.45) is 10.9 Å². The van der Waals surface area contributed by atoms with Crippen LogP contribution >= 0.6 is 24.0 Å². The highest BCUT2D eigenvalue weighted by Gasteiger charge is 2.24. The Morgan fingerprint density at radius 2 is 2.43 bits per heavy atom. The molecule has 1 aliphatic rings. The van der Waals surface area contributed by atoms with E-state index in [1.165, 1.54) is 12.0 Å². The number of guanidine groups is 1. The molecule has 1 saturated heterocycles. The summed E-state index contributed by atoms with van der Waals surface area (Å²) in [6.07, 6.45) is 5.85. The highest BCUT2D eigenvalue weighted by atomic mass is 127. The molecule has 0 aliphatic carbocycles. The third-order valence-corrected chi connectivity index (χ3v) is 3.62. The maximum Gasteiger partial charge on any atom is 0.193 e. The summed E-state index contributed by atoms with van der Waals surface area (Å²) < 4.78 is 5.23. The number of aliphatic imine (C=N–C) groups is 1. The highest BCUT2D eigenvalue weighted by Crippen LogP contribution is 2.16. The summed E-state index contributed by atoms with van der Waals surface area (Å²) in [7, 11) is 3.61. The molecule has 0 spiro atoms. The SMILES string of the molecule is CN=C(NCCc1cccnc1)N1CCC(COC)C1.I.